The van der Waals surface area contributed by atoms with Gasteiger partial charge in [0.15, 0.2) is 0 Å². The van der Waals surface area contributed by atoms with E-state index in [9.17, 15) is 4.79 Å². The van der Waals surface area contributed by atoms with E-state index >= 15 is 0 Å². The Morgan fingerprint density at radius 2 is 2.11 bits per heavy atom. The highest BCUT2D eigenvalue weighted by atomic mass is 16.2. The lowest BCUT2D eigenvalue weighted by Crippen LogP contribution is -2.12. The van der Waals surface area contributed by atoms with Crippen molar-refractivity contribution in [3.63, 3.8) is 0 Å². The molecule has 0 spiro atoms. The molecule has 54 valence electrons. The van der Waals surface area contributed by atoms with Crippen LogP contribution in [0.1, 0.15) is 26.7 Å². The number of aldehydes is 1. The number of rotatable bonds is 4. The molecule has 0 saturated carbocycles. The zero-order chi connectivity index (χ0) is 7.33. The topological polar surface area (TPSA) is 37.3 Å². The lowest BCUT2D eigenvalue weighted by Gasteiger charge is -2.14. The van der Waals surface area contributed by atoms with Crippen LogP contribution in [0.25, 0.3) is 0 Å². The van der Waals surface area contributed by atoms with E-state index < -0.39 is 0 Å². The Kier molecular flexibility index (Phi) is 3.47. The first kappa shape index (κ1) is 8.63. The van der Waals surface area contributed by atoms with E-state index in [0.29, 0.717) is 6.42 Å². The molecule has 0 aliphatic rings. The molecule has 0 fully saturated rings. The molecule has 0 aliphatic heterocycles. The monoisotopic (exact) mass is 130 g/mol. The Labute approximate surface area is 55.9 Å². The normalized spacial score (nSPS) is 11.4. The van der Waals surface area contributed by atoms with E-state index in [0.717, 1.165) is 12.7 Å². The van der Waals surface area contributed by atoms with Crippen LogP contribution < -0.4 is 0 Å². The summed E-state index contributed by atoms with van der Waals surface area (Å²) >= 11 is 0. The third-order valence-corrected chi connectivity index (χ3v) is 1.30. The van der Waals surface area contributed by atoms with Gasteiger partial charge >= 0.3 is 0 Å². The molecule has 0 saturated heterocycles. The van der Waals surface area contributed by atoms with Crippen molar-refractivity contribution in [1.82, 2.24) is 0 Å². The summed E-state index contributed by atoms with van der Waals surface area (Å²) in [5, 5.41) is 8.41. The highest BCUT2D eigenvalue weighted by molar-refractivity contribution is 5.57. The van der Waals surface area contributed by atoms with Gasteiger partial charge in [0.1, 0.15) is 6.29 Å². The third kappa shape index (κ3) is 4.15. The highest BCUT2D eigenvalue weighted by Crippen LogP contribution is 2.17. The van der Waals surface area contributed by atoms with Crippen molar-refractivity contribution >= 4 is 6.29 Å². The standard InChI is InChI=1S/C7H14O2/c1-7(2,6-9)4-3-5-8/h6,8H,3-5H2,1-2H3. The van der Waals surface area contributed by atoms with E-state index in [1.807, 2.05) is 13.8 Å². The maximum atomic E-state index is 10.3. The SMILES string of the molecule is CC(C)(C=O)CCCO. The second-order valence-corrected chi connectivity index (χ2v) is 2.93. The summed E-state index contributed by atoms with van der Waals surface area (Å²) in [4.78, 5) is 10.3. The molecule has 0 heterocycles. The molecule has 0 aliphatic carbocycles. The molecule has 9 heavy (non-hydrogen) atoms. The van der Waals surface area contributed by atoms with Crippen LogP contribution in [0, 0.1) is 5.41 Å². The lowest BCUT2D eigenvalue weighted by molar-refractivity contribution is -0.115. The van der Waals surface area contributed by atoms with E-state index in [1.165, 1.54) is 0 Å². The predicted molar refractivity (Wildman–Crippen MR) is 36.2 cm³/mol. The Balaban J connectivity index is 3.45. The minimum atomic E-state index is -0.247. The zero-order valence-electron chi connectivity index (χ0n) is 6.05. The fraction of sp³-hybridized carbons (Fsp3) is 0.857. The molecule has 0 atom stereocenters. The van der Waals surface area contributed by atoms with Crippen LogP contribution in [-0.4, -0.2) is 18.0 Å². The summed E-state index contributed by atoms with van der Waals surface area (Å²) in [6.45, 7) is 3.92. The van der Waals surface area contributed by atoms with Gasteiger partial charge in [-0.05, 0) is 12.8 Å². The largest absolute Gasteiger partial charge is 0.396 e. The van der Waals surface area contributed by atoms with Gasteiger partial charge in [-0.3, -0.25) is 0 Å². The maximum absolute atomic E-state index is 10.3. The van der Waals surface area contributed by atoms with E-state index in [-0.39, 0.29) is 12.0 Å². The number of carbonyl (C=O) groups excluding carboxylic acids is 1. The quantitative estimate of drug-likeness (QED) is 0.576. The minimum absolute atomic E-state index is 0.178. The fourth-order valence-electron chi connectivity index (χ4n) is 0.594. The van der Waals surface area contributed by atoms with E-state index in [2.05, 4.69) is 0 Å². The van der Waals surface area contributed by atoms with Gasteiger partial charge in [0.05, 0.1) is 0 Å². The van der Waals surface area contributed by atoms with Crippen LogP contribution in [-0.2, 0) is 4.79 Å². The summed E-state index contributed by atoms with van der Waals surface area (Å²) < 4.78 is 0. The molecule has 0 aromatic carbocycles. The molecule has 0 bridgehead atoms. The summed E-state index contributed by atoms with van der Waals surface area (Å²) in [5.74, 6) is 0. The van der Waals surface area contributed by atoms with Crippen LogP contribution in [0.2, 0.25) is 0 Å². The van der Waals surface area contributed by atoms with Gasteiger partial charge in [0.2, 0.25) is 0 Å². The van der Waals surface area contributed by atoms with Gasteiger partial charge < -0.3 is 9.90 Å². The summed E-state index contributed by atoms with van der Waals surface area (Å²) in [7, 11) is 0. The molecule has 0 radical (unpaired) electrons. The predicted octanol–water partition coefficient (Wildman–Crippen LogP) is 0.984. The summed E-state index contributed by atoms with van der Waals surface area (Å²) in [5.41, 5.74) is -0.247. The summed E-state index contributed by atoms with van der Waals surface area (Å²) in [6, 6.07) is 0. The molecule has 0 unspecified atom stereocenters. The molecule has 0 rings (SSSR count). The number of aliphatic hydroxyl groups excluding tert-OH is 1. The first-order valence-electron chi connectivity index (χ1n) is 3.19. The number of aliphatic hydroxyl groups is 1. The second kappa shape index (κ2) is 3.62. The van der Waals surface area contributed by atoms with E-state index in [1.54, 1.807) is 0 Å². The van der Waals surface area contributed by atoms with Crippen molar-refractivity contribution in [3.05, 3.63) is 0 Å². The van der Waals surface area contributed by atoms with Gasteiger partial charge in [0.25, 0.3) is 0 Å². The molecule has 1 N–H and O–H groups in total. The third-order valence-electron chi connectivity index (χ3n) is 1.30. The average molecular weight is 130 g/mol. The second-order valence-electron chi connectivity index (χ2n) is 2.93. The van der Waals surface area contributed by atoms with Crippen LogP contribution in [0.5, 0.6) is 0 Å². The molecule has 2 nitrogen and oxygen atoms in total. The molecule has 0 amide bonds. The Morgan fingerprint density at radius 1 is 1.56 bits per heavy atom. The molecule has 0 aromatic rings. The molecular weight excluding hydrogens is 116 g/mol. The Bertz CT molecular complexity index is 86.9. The van der Waals surface area contributed by atoms with Crippen LogP contribution >= 0.6 is 0 Å². The fourth-order valence-corrected chi connectivity index (χ4v) is 0.594. The Hall–Kier alpha value is -0.370. The van der Waals surface area contributed by atoms with Crippen molar-refractivity contribution in [3.8, 4) is 0 Å². The van der Waals surface area contributed by atoms with Crippen molar-refractivity contribution < 1.29 is 9.90 Å². The van der Waals surface area contributed by atoms with Crippen LogP contribution in [0.4, 0.5) is 0 Å². The first-order chi connectivity index (χ1) is 4.12. The minimum Gasteiger partial charge on any atom is -0.396 e. The van der Waals surface area contributed by atoms with Crippen molar-refractivity contribution in [1.29, 1.82) is 0 Å². The lowest BCUT2D eigenvalue weighted by atomic mass is 9.90. The van der Waals surface area contributed by atoms with E-state index in [4.69, 9.17) is 5.11 Å². The molecular formula is C7H14O2. The molecule has 2 heteroatoms. The van der Waals surface area contributed by atoms with Gasteiger partial charge in [-0.2, -0.15) is 0 Å². The van der Waals surface area contributed by atoms with Gasteiger partial charge in [0, 0.05) is 12.0 Å². The number of carbonyl (C=O) groups is 1. The molecule has 0 aromatic heterocycles. The van der Waals surface area contributed by atoms with Gasteiger partial charge in [-0.15, -0.1) is 0 Å². The maximum Gasteiger partial charge on any atom is 0.125 e. The van der Waals surface area contributed by atoms with Crippen molar-refractivity contribution in [2.24, 2.45) is 5.41 Å². The smallest absolute Gasteiger partial charge is 0.125 e. The first-order valence-corrected chi connectivity index (χ1v) is 3.19. The van der Waals surface area contributed by atoms with Gasteiger partial charge in [-0.1, -0.05) is 13.8 Å². The Morgan fingerprint density at radius 3 is 2.44 bits per heavy atom. The average Bonchev–Trinajstić information content (AvgIpc) is 1.84. The number of hydrogen-bond acceptors (Lipinski definition) is 2. The summed E-state index contributed by atoms with van der Waals surface area (Å²) in [6.07, 6.45) is 2.42. The van der Waals surface area contributed by atoms with Crippen molar-refractivity contribution in [2.45, 2.75) is 26.7 Å². The van der Waals surface area contributed by atoms with Crippen LogP contribution in [0.3, 0.4) is 0 Å². The van der Waals surface area contributed by atoms with Gasteiger partial charge in [-0.25, -0.2) is 0 Å². The highest BCUT2D eigenvalue weighted by Gasteiger charge is 2.14. The number of hydrogen-bond donors (Lipinski definition) is 1. The van der Waals surface area contributed by atoms with Crippen molar-refractivity contribution in [2.75, 3.05) is 6.61 Å². The van der Waals surface area contributed by atoms with Crippen LogP contribution in [0.15, 0.2) is 0 Å². The zero-order valence-corrected chi connectivity index (χ0v) is 6.05.